The third-order valence-electron chi connectivity index (χ3n) is 3.17. The quantitative estimate of drug-likeness (QED) is 0.518. The number of fused-ring (bicyclic) bond motifs is 4. The van der Waals surface area contributed by atoms with Gasteiger partial charge in [-0.1, -0.05) is 30.0 Å². The maximum absolute atomic E-state index is 5.65. The van der Waals surface area contributed by atoms with Gasteiger partial charge in [-0.15, -0.1) is 0 Å². The van der Waals surface area contributed by atoms with Crippen LogP contribution in [0.5, 0.6) is 0 Å². The lowest BCUT2D eigenvalue weighted by Gasteiger charge is -1.90. The van der Waals surface area contributed by atoms with Crippen LogP contribution in [0.25, 0.3) is 32.9 Å². The average molecular weight is 254 g/mol. The Balaban J connectivity index is 2.17. The van der Waals surface area contributed by atoms with Crippen LogP contribution in [0.4, 0.5) is 0 Å². The van der Waals surface area contributed by atoms with Gasteiger partial charge in [0.15, 0.2) is 5.58 Å². The fourth-order valence-corrected chi connectivity index (χ4v) is 2.70. The summed E-state index contributed by atoms with van der Waals surface area (Å²) in [6.07, 6.45) is 1.96. The van der Waals surface area contributed by atoms with E-state index in [-0.39, 0.29) is 0 Å². The highest BCUT2D eigenvalue weighted by molar-refractivity contribution is 7.98. The molecule has 2 heterocycles. The summed E-state index contributed by atoms with van der Waals surface area (Å²) in [4.78, 5) is 7.85. The number of hydrogen-bond donors (Lipinski definition) is 1. The predicted molar refractivity (Wildman–Crippen MR) is 75.2 cm³/mol. The molecule has 0 aliphatic heterocycles. The molecule has 0 spiro atoms. The molecular weight excluding hydrogens is 244 g/mol. The summed E-state index contributed by atoms with van der Waals surface area (Å²) in [6, 6.07) is 12.4. The summed E-state index contributed by atoms with van der Waals surface area (Å²) in [6.45, 7) is 0. The van der Waals surface area contributed by atoms with E-state index in [9.17, 15) is 0 Å². The van der Waals surface area contributed by atoms with Gasteiger partial charge in [-0.3, -0.25) is 0 Å². The van der Waals surface area contributed by atoms with Crippen molar-refractivity contribution in [3.05, 3.63) is 36.4 Å². The van der Waals surface area contributed by atoms with Gasteiger partial charge in [0.1, 0.15) is 5.52 Å². The first-order valence-corrected chi connectivity index (χ1v) is 6.92. The normalized spacial score (nSPS) is 11.8. The maximum Gasteiger partial charge on any atom is 0.256 e. The third kappa shape index (κ3) is 1.29. The Morgan fingerprint density at radius 2 is 2.00 bits per heavy atom. The minimum absolute atomic E-state index is 0.710. The van der Waals surface area contributed by atoms with Gasteiger partial charge in [0, 0.05) is 22.4 Å². The molecule has 0 radical (unpaired) electrons. The number of H-pyrrole nitrogens is 1. The van der Waals surface area contributed by atoms with Crippen LogP contribution >= 0.6 is 11.8 Å². The molecule has 2 aromatic heterocycles. The smallest absolute Gasteiger partial charge is 0.256 e. The number of para-hydroxylation sites is 1. The molecule has 4 heteroatoms. The second-order valence-electron chi connectivity index (χ2n) is 4.22. The number of oxazole rings is 1. The lowest BCUT2D eigenvalue weighted by atomic mass is 10.1. The van der Waals surface area contributed by atoms with Gasteiger partial charge in [-0.05, 0) is 18.4 Å². The highest BCUT2D eigenvalue weighted by Gasteiger charge is 2.09. The van der Waals surface area contributed by atoms with Gasteiger partial charge in [0.2, 0.25) is 0 Å². The predicted octanol–water partition coefficient (Wildman–Crippen LogP) is 4.18. The molecule has 2 aromatic carbocycles. The molecular formula is C14H10N2OS. The summed E-state index contributed by atoms with van der Waals surface area (Å²) in [5, 5.41) is 3.13. The highest BCUT2D eigenvalue weighted by Crippen LogP contribution is 2.30. The molecule has 0 aliphatic rings. The van der Waals surface area contributed by atoms with Gasteiger partial charge in [0.05, 0.1) is 5.52 Å². The topological polar surface area (TPSA) is 41.8 Å². The number of aromatic nitrogens is 2. The van der Waals surface area contributed by atoms with Crippen molar-refractivity contribution in [1.82, 2.24) is 9.97 Å². The van der Waals surface area contributed by atoms with Crippen LogP contribution in [0.3, 0.4) is 0 Å². The molecule has 18 heavy (non-hydrogen) atoms. The van der Waals surface area contributed by atoms with E-state index >= 15 is 0 Å². The number of rotatable bonds is 1. The average Bonchev–Trinajstić information content (AvgIpc) is 2.95. The van der Waals surface area contributed by atoms with Crippen molar-refractivity contribution in [2.75, 3.05) is 6.26 Å². The molecule has 0 saturated carbocycles. The fraction of sp³-hybridized carbons (Fsp3) is 0.0714. The van der Waals surface area contributed by atoms with Crippen LogP contribution in [-0.4, -0.2) is 16.2 Å². The molecule has 3 nitrogen and oxygen atoms in total. The van der Waals surface area contributed by atoms with Crippen LogP contribution in [-0.2, 0) is 0 Å². The van der Waals surface area contributed by atoms with Crippen LogP contribution in [0.15, 0.2) is 46.0 Å². The number of nitrogens with zero attached hydrogens (tertiary/aromatic N) is 1. The van der Waals surface area contributed by atoms with E-state index in [0.29, 0.717) is 5.22 Å². The zero-order chi connectivity index (χ0) is 12.1. The van der Waals surface area contributed by atoms with E-state index in [1.165, 1.54) is 22.5 Å². The number of nitrogens with one attached hydrogen (secondary N) is 1. The summed E-state index contributed by atoms with van der Waals surface area (Å²) in [5.74, 6) is 0. The lowest BCUT2D eigenvalue weighted by molar-refractivity contribution is 0.490. The van der Waals surface area contributed by atoms with Crippen molar-refractivity contribution in [2.24, 2.45) is 0 Å². The zero-order valence-electron chi connectivity index (χ0n) is 9.73. The van der Waals surface area contributed by atoms with Gasteiger partial charge in [-0.25, -0.2) is 4.98 Å². The van der Waals surface area contributed by atoms with Crippen LogP contribution in [0.1, 0.15) is 0 Å². The monoisotopic (exact) mass is 254 g/mol. The second-order valence-corrected chi connectivity index (χ2v) is 4.98. The standard InChI is InChI=1S/C14H10N2OS/c1-18-14-16-12-6-9-8-4-2-3-5-10(8)15-11(9)7-13(12)17-14/h2-7,15H,1H3. The van der Waals surface area contributed by atoms with Crippen molar-refractivity contribution in [2.45, 2.75) is 5.22 Å². The Morgan fingerprint density at radius 1 is 1.11 bits per heavy atom. The molecule has 0 bridgehead atoms. The molecule has 0 saturated heterocycles. The zero-order valence-corrected chi connectivity index (χ0v) is 10.5. The third-order valence-corrected chi connectivity index (χ3v) is 3.69. The van der Waals surface area contributed by atoms with Crippen molar-refractivity contribution >= 4 is 44.7 Å². The molecule has 0 unspecified atom stereocenters. The van der Waals surface area contributed by atoms with Gasteiger partial charge >= 0.3 is 0 Å². The molecule has 4 aromatic rings. The second kappa shape index (κ2) is 3.53. The van der Waals surface area contributed by atoms with E-state index in [0.717, 1.165) is 22.1 Å². The van der Waals surface area contributed by atoms with Crippen molar-refractivity contribution < 1.29 is 4.42 Å². The molecule has 0 amide bonds. The van der Waals surface area contributed by atoms with Crippen molar-refractivity contribution in [3.8, 4) is 0 Å². The van der Waals surface area contributed by atoms with E-state index < -0.39 is 0 Å². The SMILES string of the molecule is CSc1nc2cc3c(cc2o1)[nH]c1ccccc13. The molecule has 0 atom stereocenters. The fourth-order valence-electron chi connectivity index (χ4n) is 2.34. The van der Waals surface area contributed by atoms with E-state index in [1.807, 2.05) is 18.4 Å². The van der Waals surface area contributed by atoms with Crippen molar-refractivity contribution in [1.29, 1.82) is 0 Å². The largest absolute Gasteiger partial charge is 0.431 e. The first kappa shape index (κ1) is 10.0. The lowest BCUT2D eigenvalue weighted by Crippen LogP contribution is -1.70. The Bertz CT molecular complexity index is 875. The van der Waals surface area contributed by atoms with Crippen LogP contribution in [0, 0.1) is 0 Å². The molecule has 4 rings (SSSR count). The van der Waals surface area contributed by atoms with Gasteiger partial charge < -0.3 is 9.40 Å². The van der Waals surface area contributed by atoms with Crippen LogP contribution in [0.2, 0.25) is 0 Å². The first-order valence-electron chi connectivity index (χ1n) is 5.70. The summed E-state index contributed by atoms with van der Waals surface area (Å²) in [5.41, 5.74) is 3.98. The van der Waals surface area contributed by atoms with E-state index in [1.54, 1.807) is 0 Å². The molecule has 0 fully saturated rings. The van der Waals surface area contributed by atoms with E-state index in [2.05, 4.69) is 34.2 Å². The number of aromatic amines is 1. The van der Waals surface area contributed by atoms with E-state index in [4.69, 9.17) is 4.42 Å². The molecule has 1 N–H and O–H groups in total. The maximum atomic E-state index is 5.65. The number of hydrogen-bond acceptors (Lipinski definition) is 3. The Labute approximate surface area is 107 Å². The number of benzene rings is 2. The first-order chi connectivity index (χ1) is 8.85. The Kier molecular flexibility index (Phi) is 1.96. The van der Waals surface area contributed by atoms with Crippen LogP contribution < -0.4 is 0 Å². The van der Waals surface area contributed by atoms with Crippen molar-refractivity contribution in [3.63, 3.8) is 0 Å². The summed E-state index contributed by atoms with van der Waals surface area (Å²) in [7, 11) is 0. The highest BCUT2D eigenvalue weighted by atomic mass is 32.2. The Hall–Kier alpha value is -1.94. The van der Waals surface area contributed by atoms with Gasteiger partial charge in [-0.2, -0.15) is 0 Å². The summed E-state index contributed by atoms with van der Waals surface area (Å²) < 4.78 is 5.65. The minimum atomic E-state index is 0.710. The molecule has 88 valence electrons. The Morgan fingerprint density at radius 3 is 2.89 bits per heavy atom. The number of thioether (sulfide) groups is 1. The molecule has 0 aliphatic carbocycles. The minimum Gasteiger partial charge on any atom is -0.431 e. The van der Waals surface area contributed by atoms with Gasteiger partial charge in [0.25, 0.3) is 5.22 Å². The summed E-state index contributed by atoms with van der Waals surface area (Å²) >= 11 is 1.52.